The standard InChI is InChI=1S/C10H15NO2S/c1-7-5-9(14-8(7)2)6-11-4-3-10(12)13/h5,11H,3-4,6H2,1-2H3,(H,12,13). The third-order valence-electron chi connectivity index (χ3n) is 2.03. The molecule has 3 nitrogen and oxygen atoms in total. The van der Waals surface area contributed by atoms with E-state index in [1.807, 2.05) is 0 Å². The normalized spacial score (nSPS) is 10.4. The fourth-order valence-electron chi connectivity index (χ4n) is 1.14. The average Bonchev–Trinajstić information content (AvgIpc) is 2.40. The second-order valence-electron chi connectivity index (χ2n) is 3.27. The van der Waals surface area contributed by atoms with Gasteiger partial charge in [0.25, 0.3) is 0 Å². The molecule has 78 valence electrons. The number of hydrogen-bond acceptors (Lipinski definition) is 3. The Hall–Kier alpha value is -0.870. The lowest BCUT2D eigenvalue weighted by molar-refractivity contribution is -0.136. The molecule has 1 aromatic heterocycles. The van der Waals surface area contributed by atoms with E-state index in [9.17, 15) is 4.79 Å². The molecule has 0 bridgehead atoms. The summed E-state index contributed by atoms with van der Waals surface area (Å²) >= 11 is 1.76. The molecule has 1 aromatic rings. The summed E-state index contributed by atoms with van der Waals surface area (Å²) in [5.74, 6) is -0.754. The van der Waals surface area contributed by atoms with E-state index in [0.29, 0.717) is 6.54 Å². The van der Waals surface area contributed by atoms with Gasteiger partial charge in [0.05, 0.1) is 6.42 Å². The second-order valence-corrected chi connectivity index (χ2v) is 4.61. The van der Waals surface area contributed by atoms with Gasteiger partial charge in [-0.2, -0.15) is 0 Å². The summed E-state index contributed by atoms with van der Waals surface area (Å²) in [6.07, 6.45) is 0.184. The van der Waals surface area contributed by atoms with Crippen LogP contribution in [0.25, 0.3) is 0 Å². The lowest BCUT2D eigenvalue weighted by atomic mass is 10.3. The number of carboxylic acids is 1. The highest BCUT2D eigenvalue weighted by Crippen LogP contribution is 2.19. The third-order valence-corrected chi connectivity index (χ3v) is 3.18. The van der Waals surface area contributed by atoms with Crippen molar-refractivity contribution in [3.63, 3.8) is 0 Å². The Labute approximate surface area is 87.8 Å². The van der Waals surface area contributed by atoms with E-state index in [4.69, 9.17) is 5.11 Å². The molecule has 1 rings (SSSR count). The molecule has 0 aliphatic carbocycles. The maximum Gasteiger partial charge on any atom is 0.304 e. The number of carboxylic acid groups (broad SMARTS) is 1. The fraction of sp³-hybridized carbons (Fsp3) is 0.500. The average molecular weight is 213 g/mol. The number of carbonyl (C=O) groups is 1. The summed E-state index contributed by atoms with van der Waals surface area (Å²) in [4.78, 5) is 12.8. The molecule has 2 N–H and O–H groups in total. The molecule has 0 atom stereocenters. The van der Waals surface area contributed by atoms with Gasteiger partial charge in [-0.15, -0.1) is 11.3 Å². The largest absolute Gasteiger partial charge is 0.481 e. The van der Waals surface area contributed by atoms with Gasteiger partial charge in [-0.3, -0.25) is 4.79 Å². The summed E-state index contributed by atoms with van der Waals surface area (Å²) in [6.45, 7) is 5.49. The highest BCUT2D eigenvalue weighted by molar-refractivity contribution is 7.12. The number of thiophene rings is 1. The fourth-order valence-corrected chi connectivity index (χ4v) is 2.17. The quantitative estimate of drug-likeness (QED) is 0.735. The molecule has 0 radical (unpaired) electrons. The first-order valence-corrected chi connectivity index (χ1v) is 5.39. The number of hydrogen-bond donors (Lipinski definition) is 2. The molecule has 0 amide bonds. The highest BCUT2D eigenvalue weighted by Gasteiger charge is 2.01. The van der Waals surface area contributed by atoms with E-state index in [-0.39, 0.29) is 6.42 Å². The van der Waals surface area contributed by atoms with Crippen molar-refractivity contribution in [3.8, 4) is 0 Å². The monoisotopic (exact) mass is 213 g/mol. The molecule has 0 aliphatic heterocycles. The van der Waals surface area contributed by atoms with Crippen LogP contribution in [0.4, 0.5) is 0 Å². The van der Waals surface area contributed by atoms with E-state index in [1.54, 1.807) is 11.3 Å². The van der Waals surface area contributed by atoms with E-state index >= 15 is 0 Å². The molecule has 4 heteroatoms. The van der Waals surface area contributed by atoms with Crippen LogP contribution in [0.1, 0.15) is 21.7 Å². The van der Waals surface area contributed by atoms with Crippen LogP contribution >= 0.6 is 11.3 Å². The predicted octanol–water partition coefficient (Wildman–Crippen LogP) is 1.93. The van der Waals surface area contributed by atoms with Crippen LogP contribution in [-0.2, 0) is 11.3 Å². The topological polar surface area (TPSA) is 49.3 Å². The molecule has 0 aliphatic rings. The van der Waals surface area contributed by atoms with Crippen LogP contribution in [0, 0.1) is 13.8 Å². The van der Waals surface area contributed by atoms with Gasteiger partial charge in [0, 0.05) is 22.8 Å². The van der Waals surface area contributed by atoms with Gasteiger partial charge in [-0.1, -0.05) is 0 Å². The van der Waals surface area contributed by atoms with Crippen molar-refractivity contribution in [1.82, 2.24) is 5.32 Å². The van der Waals surface area contributed by atoms with E-state index < -0.39 is 5.97 Å². The Morgan fingerprint density at radius 1 is 1.57 bits per heavy atom. The van der Waals surface area contributed by atoms with Crippen molar-refractivity contribution in [2.24, 2.45) is 0 Å². The molecule has 0 aromatic carbocycles. The minimum atomic E-state index is -0.754. The molecule has 0 saturated heterocycles. The van der Waals surface area contributed by atoms with Crippen molar-refractivity contribution < 1.29 is 9.90 Å². The Balaban J connectivity index is 2.28. The molecule has 0 fully saturated rings. The molecule has 1 heterocycles. The Bertz CT molecular complexity index is 300. The van der Waals surface area contributed by atoms with Crippen LogP contribution in [0.3, 0.4) is 0 Å². The number of aliphatic carboxylic acids is 1. The summed E-state index contributed by atoms with van der Waals surface area (Å²) in [5.41, 5.74) is 1.31. The SMILES string of the molecule is Cc1cc(CNCCC(=O)O)sc1C. The van der Waals surface area contributed by atoms with Gasteiger partial charge in [-0.25, -0.2) is 0 Å². The van der Waals surface area contributed by atoms with Gasteiger partial charge < -0.3 is 10.4 Å². The van der Waals surface area contributed by atoms with Crippen molar-refractivity contribution in [2.45, 2.75) is 26.8 Å². The van der Waals surface area contributed by atoms with Crippen molar-refractivity contribution in [3.05, 3.63) is 21.4 Å². The maximum absolute atomic E-state index is 10.2. The van der Waals surface area contributed by atoms with Gasteiger partial charge in [0.15, 0.2) is 0 Å². The van der Waals surface area contributed by atoms with E-state index in [1.165, 1.54) is 15.3 Å². The molecule has 0 saturated carbocycles. The molecule has 0 spiro atoms. The second kappa shape index (κ2) is 5.12. The predicted molar refractivity (Wildman–Crippen MR) is 57.8 cm³/mol. The van der Waals surface area contributed by atoms with E-state index in [2.05, 4.69) is 25.2 Å². The first kappa shape index (κ1) is 11.2. The molecule has 0 unspecified atom stereocenters. The van der Waals surface area contributed by atoms with Crippen molar-refractivity contribution >= 4 is 17.3 Å². The minimum Gasteiger partial charge on any atom is -0.481 e. The summed E-state index contributed by atoms with van der Waals surface area (Å²) < 4.78 is 0. The van der Waals surface area contributed by atoms with Crippen LogP contribution in [0.5, 0.6) is 0 Å². The number of rotatable bonds is 5. The third kappa shape index (κ3) is 3.47. The zero-order valence-corrected chi connectivity index (χ0v) is 9.28. The first-order chi connectivity index (χ1) is 6.59. The molecular formula is C10H15NO2S. The Morgan fingerprint density at radius 3 is 2.79 bits per heavy atom. The highest BCUT2D eigenvalue weighted by atomic mass is 32.1. The number of aryl methyl sites for hydroxylation is 2. The van der Waals surface area contributed by atoms with Crippen molar-refractivity contribution in [2.75, 3.05) is 6.54 Å². The van der Waals surface area contributed by atoms with Gasteiger partial charge in [-0.05, 0) is 25.5 Å². The van der Waals surface area contributed by atoms with E-state index in [0.717, 1.165) is 6.54 Å². The van der Waals surface area contributed by atoms with Gasteiger partial charge in [0.1, 0.15) is 0 Å². The Morgan fingerprint density at radius 2 is 2.29 bits per heavy atom. The zero-order chi connectivity index (χ0) is 10.6. The lowest BCUT2D eigenvalue weighted by Crippen LogP contribution is -2.16. The molecule has 14 heavy (non-hydrogen) atoms. The van der Waals surface area contributed by atoms with Crippen LogP contribution < -0.4 is 5.32 Å². The van der Waals surface area contributed by atoms with Crippen LogP contribution in [-0.4, -0.2) is 17.6 Å². The summed E-state index contributed by atoms with van der Waals surface area (Å²) in [6, 6.07) is 2.15. The summed E-state index contributed by atoms with van der Waals surface area (Å²) in [5, 5.41) is 11.5. The van der Waals surface area contributed by atoms with Crippen molar-refractivity contribution in [1.29, 1.82) is 0 Å². The minimum absolute atomic E-state index is 0.184. The first-order valence-electron chi connectivity index (χ1n) is 4.58. The smallest absolute Gasteiger partial charge is 0.304 e. The van der Waals surface area contributed by atoms with Crippen LogP contribution in [0.2, 0.25) is 0 Å². The maximum atomic E-state index is 10.2. The summed E-state index contributed by atoms with van der Waals surface area (Å²) in [7, 11) is 0. The van der Waals surface area contributed by atoms with Gasteiger partial charge in [0.2, 0.25) is 0 Å². The number of nitrogens with one attached hydrogen (secondary N) is 1. The molecular weight excluding hydrogens is 198 g/mol. The van der Waals surface area contributed by atoms with Crippen LogP contribution in [0.15, 0.2) is 6.07 Å². The zero-order valence-electron chi connectivity index (χ0n) is 8.46. The Kier molecular flexibility index (Phi) is 4.10. The van der Waals surface area contributed by atoms with Gasteiger partial charge >= 0.3 is 5.97 Å². The lowest BCUT2D eigenvalue weighted by Gasteiger charge is -1.99.